The van der Waals surface area contributed by atoms with Gasteiger partial charge in [0.25, 0.3) is 0 Å². The van der Waals surface area contributed by atoms with E-state index in [2.05, 4.69) is 13.8 Å². The maximum Gasteiger partial charge on any atom is 1.00 e. The Morgan fingerprint density at radius 3 is 0.673 bits per heavy atom. The molecule has 0 aromatic heterocycles. The molecule has 0 saturated heterocycles. The predicted octanol–water partition coefficient (Wildman–Crippen LogP) is -2.15. The van der Waals surface area contributed by atoms with Gasteiger partial charge in [0, 0.05) is 5.97 Å². The van der Waals surface area contributed by atoms with E-state index in [1.807, 2.05) is 0 Å². The Bertz CT molecular complexity index is 635. The van der Waals surface area contributed by atoms with Crippen LogP contribution in [0.2, 0.25) is 0 Å². The number of hydrogen-bond acceptors (Lipinski definition) is 6. The van der Waals surface area contributed by atoms with Crippen LogP contribution >= 0.6 is 7.82 Å². The first-order chi connectivity index (χ1) is 21.7. The molecule has 0 aromatic carbocycles. The van der Waals surface area contributed by atoms with Crippen molar-refractivity contribution in [3.8, 4) is 0 Å². The number of aliphatic carboxylic acids is 1. The van der Waals surface area contributed by atoms with E-state index in [9.17, 15) is 9.90 Å². The van der Waals surface area contributed by atoms with Crippen molar-refractivity contribution in [2.45, 2.75) is 232 Å². The number of carboxylic acids is 1. The van der Waals surface area contributed by atoms with E-state index in [0.717, 1.165) is 25.7 Å². The molecular formula is C38H75K4O6P. The zero-order chi connectivity index (χ0) is 33.7. The van der Waals surface area contributed by atoms with Crippen LogP contribution in [0.4, 0.5) is 0 Å². The van der Waals surface area contributed by atoms with Gasteiger partial charge in [-0.05, 0) is 18.8 Å². The minimum absolute atomic E-state index is 0. The molecule has 0 aliphatic heterocycles. The SMILES string of the molecule is CCCCCCCCCCCCCCCCCCCCC(CCCCCCCCCCCCCCCC)C(=O)[O-].O=P([O-])([O-])[O-].[K+].[K+].[K+].[K+]. The fourth-order valence-corrected chi connectivity index (χ4v) is 6.26. The van der Waals surface area contributed by atoms with Gasteiger partial charge in [0.2, 0.25) is 0 Å². The van der Waals surface area contributed by atoms with E-state index in [1.54, 1.807) is 0 Å². The maximum absolute atomic E-state index is 11.6. The number of carboxylic acid groups (broad SMARTS) is 1. The van der Waals surface area contributed by atoms with Crippen molar-refractivity contribution in [2.75, 3.05) is 0 Å². The molecule has 0 N–H and O–H groups in total. The molecule has 11 heteroatoms. The summed E-state index contributed by atoms with van der Waals surface area (Å²) in [7, 11) is -5.39. The second-order valence-electron chi connectivity index (χ2n) is 13.6. The molecule has 0 amide bonds. The Labute approximate surface area is 476 Å². The molecule has 0 rings (SSSR count). The van der Waals surface area contributed by atoms with Gasteiger partial charge in [0.05, 0.1) is 0 Å². The van der Waals surface area contributed by atoms with E-state index in [0.29, 0.717) is 0 Å². The minimum atomic E-state index is -5.39. The van der Waals surface area contributed by atoms with Crippen LogP contribution in [0.25, 0.3) is 0 Å². The average Bonchev–Trinajstić information content (AvgIpc) is 2.98. The molecule has 272 valence electrons. The molecule has 0 radical (unpaired) electrons. The zero-order valence-electron chi connectivity index (χ0n) is 34.0. The summed E-state index contributed by atoms with van der Waals surface area (Å²) in [5, 5.41) is 11.6. The first-order valence-corrected chi connectivity index (χ1v) is 21.1. The topological polar surface area (TPSA) is 126 Å². The summed E-state index contributed by atoms with van der Waals surface area (Å²) in [5.41, 5.74) is 0. The number of unbranched alkanes of at least 4 members (excludes halogenated alkanes) is 30. The van der Waals surface area contributed by atoms with Gasteiger partial charge in [-0.15, -0.1) is 0 Å². The summed E-state index contributed by atoms with van der Waals surface area (Å²) in [5.74, 6) is -1.01. The van der Waals surface area contributed by atoms with Crippen LogP contribution in [0.15, 0.2) is 0 Å². The van der Waals surface area contributed by atoms with Gasteiger partial charge in [-0.2, -0.15) is 7.82 Å². The van der Waals surface area contributed by atoms with E-state index < -0.39 is 13.8 Å². The van der Waals surface area contributed by atoms with Gasteiger partial charge >= 0.3 is 206 Å². The van der Waals surface area contributed by atoms with Crippen LogP contribution in [0.1, 0.15) is 232 Å². The molecule has 1 unspecified atom stereocenters. The molecular weight excluding hydrogens is 740 g/mol. The third-order valence-corrected chi connectivity index (χ3v) is 9.15. The number of hydrogen-bond donors (Lipinski definition) is 0. The molecule has 0 aliphatic rings. The van der Waals surface area contributed by atoms with Crippen LogP contribution in [-0.2, 0) is 9.36 Å². The third-order valence-electron chi connectivity index (χ3n) is 9.15. The monoisotopic (exact) mass is 814 g/mol. The molecule has 0 heterocycles. The fourth-order valence-electron chi connectivity index (χ4n) is 6.26. The Morgan fingerprint density at radius 1 is 0.388 bits per heavy atom. The molecule has 0 fully saturated rings. The van der Waals surface area contributed by atoms with Crippen molar-refractivity contribution in [3.63, 3.8) is 0 Å². The normalized spacial score (nSPS) is 11.2. The summed E-state index contributed by atoms with van der Waals surface area (Å²) in [6, 6.07) is 0. The summed E-state index contributed by atoms with van der Waals surface area (Å²) in [4.78, 5) is 37.2. The number of phosphoric acid groups is 1. The van der Waals surface area contributed by atoms with Crippen molar-refractivity contribution in [3.05, 3.63) is 0 Å². The van der Waals surface area contributed by atoms with Gasteiger partial charge < -0.3 is 29.1 Å². The second-order valence-corrected chi connectivity index (χ2v) is 14.5. The van der Waals surface area contributed by atoms with Crippen LogP contribution < -0.4 is 225 Å². The van der Waals surface area contributed by atoms with Crippen molar-refractivity contribution in [2.24, 2.45) is 5.92 Å². The average molecular weight is 815 g/mol. The van der Waals surface area contributed by atoms with Gasteiger partial charge in [0.15, 0.2) is 0 Å². The number of rotatable bonds is 35. The third kappa shape index (κ3) is 69.1. The Kier molecular flexibility index (Phi) is 76.8. The van der Waals surface area contributed by atoms with Crippen LogP contribution in [0.3, 0.4) is 0 Å². The fraction of sp³-hybridized carbons (Fsp3) is 0.974. The quantitative estimate of drug-likeness (QED) is 0.0409. The summed E-state index contributed by atoms with van der Waals surface area (Å²) >= 11 is 0. The van der Waals surface area contributed by atoms with E-state index in [-0.39, 0.29) is 211 Å². The molecule has 49 heavy (non-hydrogen) atoms. The zero-order valence-corrected chi connectivity index (χ0v) is 47.4. The van der Waals surface area contributed by atoms with Crippen molar-refractivity contribution < 1.29 is 235 Å². The van der Waals surface area contributed by atoms with Gasteiger partial charge in [-0.3, -0.25) is 0 Å². The van der Waals surface area contributed by atoms with E-state index >= 15 is 0 Å². The number of carbonyl (C=O) groups excluding carboxylic acids is 1. The van der Waals surface area contributed by atoms with Gasteiger partial charge in [0.1, 0.15) is 0 Å². The molecule has 1 atom stereocenters. The Balaban J connectivity index is -0.000000476. The molecule has 0 aliphatic carbocycles. The maximum atomic E-state index is 11.6. The molecule has 0 spiro atoms. The van der Waals surface area contributed by atoms with Crippen molar-refractivity contribution in [1.29, 1.82) is 0 Å². The van der Waals surface area contributed by atoms with Crippen LogP contribution in [0.5, 0.6) is 0 Å². The van der Waals surface area contributed by atoms with Crippen LogP contribution in [0, 0.1) is 5.92 Å². The van der Waals surface area contributed by atoms with E-state index in [4.69, 9.17) is 19.2 Å². The van der Waals surface area contributed by atoms with Gasteiger partial charge in [-0.1, -0.05) is 219 Å². The Morgan fingerprint density at radius 2 is 0.531 bits per heavy atom. The molecule has 0 aromatic rings. The second kappa shape index (κ2) is 56.2. The van der Waals surface area contributed by atoms with Gasteiger partial charge in [-0.25, -0.2) is 0 Å². The molecule has 6 nitrogen and oxygen atoms in total. The predicted molar refractivity (Wildman–Crippen MR) is 184 cm³/mol. The summed E-state index contributed by atoms with van der Waals surface area (Å²) in [6.07, 6.45) is 45.3. The van der Waals surface area contributed by atoms with Crippen molar-refractivity contribution in [1.82, 2.24) is 0 Å². The van der Waals surface area contributed by atoms with E-state index in [1.165, 1.54) is 193 Å². The smallest absolute Gasteiger partial charge is 0.822 e. The minimum Gasteiger partial charge on any atom is -0.822 e. The van der Waals surface area contributed by atoms with Crippen molar-refractivity contribution >= 4 is 13.8 Å². The first kappa shape index (κ1) is 66.9. The molecule has 0 saturated carbocycles. The largest absolute Gasteiger partial charge is 1.00 e. The molecule has 0 bridgehead atoms. The first-order valence-electron chi connectivity index (χ1n) is 19.7. The van der Waals surface area contributed by atoms with Crippen LogP contribution in [-0.4, -0.2) is 5.97 Å². The standard InChI is InChI=1S/C38H76O2.4K.H3O4P/c1-3-5-7-9-11-13-15-17-19-20-21-22-24-26-28-30-32-34-36-37(38(39)40)35-33-31-29-27-25-23-18-16-14-12-10-8-6-4-2;;;;;1-5(2,3)4/h37H,3-36H2,1-2H3,(H,39,40);;;;;(H3,1,2,3,4)/q;4*+1;/p-4. The number of carbonyl (C=O) groups is 1. The summed E-state index contributed by atoms with van der Waals surface area (Å²) < 4.78 is 8.55. The Hall–Kier alpha value is 6.13. The summed E-state index contributed by atoms with van der Waals surface area (Å²) in [6.45, 7) is 4.57.